The Morgan fingerprint density at radius 3 is 2.43 bits per heavy atom. The van der Waals surface area contributed by atoms with E-state index in [1.54, 1.807) is 0 Å². The third-order valence-corrected chi connectivity index (χ3v) is 4.71. The molecule has 28 heavy (non-hydrogen) atoms. The van der Waals surface area contributed by atoms with Gasteiger partial charge in [0.05, 0.1) is 10.6 Å². The van der Waals surface area contributed by atoms with Crippen LogP contribution in [0.2, 0.25) is 5.02 Å². The summed E-state index contributed by atoms with van der Waals surface area (Å²) >= 11 is 5.98. The Hall–Kier alpha value is -2.69. The molecule has 3 nitrogen and oxygen atoms in total. The molecule has 1 N–H and O–H groups in total. The molecule has 0 spiro atoms. The lowest BCUT2D eigenvalue weighted by Gasteiger charge is -2.13. The molecule has 0 aliphatic heterocycles. The Morgan fingerprint density at radius 1 is 1.04 bits per heavy atom. The van der Waals surface area contributed by atoms with Gasteiger partial charge in [0.15, 0.2) is 0 Å². The van der Waals surface area contributed by atoms with Crippen LogP contribution in [0.25, 0.3) is 11.1 Å². The van der Waals surface area contributed by atoms with E-state index in [9.17, 15) is 9.18 Å². The van der Waals surface area contributed by atoms with Gasteiger partial charge in [-0.25, -0.2) is 4.39 Å². The molecular weight excluding hydrogens is 375 g/mol. The normalized spacial score (nSPS) is 10.9. The summed E-state index contributed by atoms with van der Waals surface area (Å²) in [5.41, 5.74) is 4.64. The highest BCUT2D eigenvalue weighted by Gasteiger charge is 2.12. The first-order chi connectivity index (χ1) is 13.4. The summed E-state index contributed by atoms with van der Waals surface area (Å²) < 4.78 is 13.2. The second-order valence-corrected chi connectivity index (χ2v) is 7.31. The molecule has 3 aromatic carbocycles. The van der Waals surface area contributed by atoms with Crippen molar-refractivity contribution < 1.29 is 9.18 Å². The second-order valence-electron chi connectivity index (χ2n) is 6.90. The van der Waals surface area contributed by atoms with Gasteiger partial charge in [0, 0.05) is 13.1 Å². The minimum Gasteiger partial charge on any atom is -0.348 e. The molecule has 0 unspecified atom stereocenters. The van der Waals surface area contributed by atoms with Crippen molar-refractivity contribution >= 4 is 17.5 Å². The van der Waals surface area contributed by atoms with E-state index in [2.05, 4.69) is 34.5 Å². The van der Waals surface area contributed by atoms with E-state index < -0.39 is 5.82 Å². The van der Waals surface area contributed by atoms with Crippen molar-refractivity contribution in [1.82, 2.24) is 10.2 Å². The minimum atomic E-state index is -0.468. The molecule has 0 radical (unpaired) electrons. The van der Waals surface area contributed by atoms with Gasteiger partial charge in [-0.3, -0.25) is 4.79 Å². The molecule has 3 aromatic rings. The predicted octanol–water partition coefficient (Wildman–Crippen LogP) is 5.14. The lowest BCUT2D eigenvalue weighted by atomic mass is 9.98. The molecule has 0 atom stereocenters. The average Bonchev–Trinajstić information content (AvgIpc) is 2.66. The molecule has 0 bridgehead atoms. The fourth-order valence-electron chi connectivity index (χ4n) is 3.06. The summed E-state index contributed by atoms with van der Waals surface area (Å²) in [6.07, 6.45) is 0. The van der Waals surface area contributed by atoms with Gasteiger partial charge in [0.25, 0.3) is 5.91 Å². The number of halogens is 2. The van der Waals surface area contributed by atoms with E-state index in [0.29, 0.717) is 6.54 Å². The summed E-state index contributed by atoms with van der Waals surface area (Å²) in [4.78, 5) is 14.5. The fraction of sp³-hybridized carbons (Fsp3) is 0.174. The maximum Gasteiger partial charge on any atom is 0.253 e. The first-order valence-corrected chi connectivity index (χ1v) is 9.37. The van der Waals surface area contributed by atoms with Gasteiger partial charge >= 0.3 is 0 Å². The van der Waals surface area contributed by atoms with Crippen LogP contribution in [0.15, 0.2) is 66.7 Å². The summed E-state index contributed by atoms with van der Waals surface area (Å²) in [5, 5.41) is 2.97. The van der Waals surface area contributed by atoms with Crippen LogP contribution < -0.4 is 5.32 Å². The summed E-state index contributed by atoms with van der Waals surface area (Å²) in [7, 11) is 4.08. The number of nitrogens with one attached hydrogen (secondary N) is 1. The molecule has 0 aliphatic rings. The van der Waals surface area contributed by atoms with Crippen molar-refractivity contribution in [1.29, 1.82) is 0 Å². The zero-order valence-corrected chi connectivity index (χ0v) is 16.6. The smallest absolute Gasteiger partial charge is 0.253 e. The lowest BCUT2D eigenvalue weighted by molar-refractivity contribution is 0.0951. The van der Waals surface area contributed by atoms with Crippen LogP contribution in [-0.2, 0) is 13.1 Å². The molecule has 144 valence electrons. The quantitative estimate of drug-likeness (QED) is 0.625. The van der Waals surface area contributed by atoms with Crippen LogP contribution in [-0.4, -0.2) is 24.9 Å². The molecule has 0 fully saturated rings. The highest BCUT2D eigenvalue weighted by Crippen LogP contribution is 2.25. The molecular formula is C23H22ClFN2O. The van der Waals surface area contributed by atoms with Crippen molar-refractivity contribution in [2.75, 3.05) is 14.1 Å². The third kappa shape index (κ3) is 4.97. The maximum atomic E-state index is 13.2. The van der Waals surface area contributed by atoms with E-state index in [4.69, 9.17) is 11.6 Å². The molecule has 0 heterocycles. The average molecular weight is 397 g/mol. The molecule has 0 saturated carbocycles. The fourth-order valence-corrected chi connectivity index (χ4v) is 3.31. The zero-order chi connectivity index (χ0) is 20.1. The van der Waals surface area contributed by atoms with Crippen molar-refractivity contribution in [3.8, 4) is 11.1 Å². The molecule has 0 aromatic heterocycles. The Kier molecular flexibility index (Phi) is 6.45. The van der Waals surface area contributed by atoms with E-state index in [1.807, 2.05) is 38.4 Å². The van der Waals surface area contributed by atoms with Gasteiger partial charge in [-0.15, -0.1) is 0 Å². The van der Waals surface area contributed by atoms with Crippen LogP contribution in [0.5, 0.6) is 0 Å². The third-order valence-electron chi connectivity index (χ3n) is 4.40. The molecule has 0 saturated heterocycles. The first kappa shape index (κ1) is 20.1. The Labute approximate surface area is 169 Å². The van der Waals surface area contributed by atoms with E-state index >= 15 is 0 Å². The number of benzene rings is 3. The Morgan fingerprint density at radius 2 is 1.75 bits per heavy atom. The SMILES string of the molecule is CN(C)Cc1ccc(-c2ccccc2CNC(=O)c2ccc(F)cc2Cl)cc1. The number of rotatable bonds is 6. The lowest BCUT2D eigenvalue weighted by Crippen LogP contribution is -2.23. The molecule has 1 amide bonds. The van der Waals surface area contributed by atoms with Crippen molar-refractivity contribution in [2.45, 2.75) is 13.1 Å². The van der Waals surface area contributed by atoms with Gasteiger partial charge in [0.1, 0.15) is 5.82 Å². The van der Waals surface area contributed by atoms with Crippen LogP contribution in [0, 0.1) is 5.82 Å². The van der Waals surface area contributed by atoms with Crippen LogP contribution in [0.4, 0.5) is 4.39 Å². The number of carbonyl (C=O) groups is 1. The van der Waals surface area contributed by atoms with E-state index in [-0.39, 0.29) is 16.5 Å². The van der Waals surface area contributed by atoms with Gasteiger partial charge < -0.3 is 10.2 Å². The number of hydrogen-bond donors (Lipinski definition) is 1. The number of nitrogens with zero attached hydrogens (tertiary/aromatic N) is 1. The number of amides is 1. The highest BCUT2D eigenvalue weighted by atomic mass is 35.5. The standard InChI is InChI=1S/C23H22ClFN2O/c1-27(2)15-16-7-9-17(10-8-16)20-6-4-3-5-18(20)14-26-23(28)21-12-11-19(25)13-22(21)24/h3-13H,14-15H2,1-2H3,(H,26,28). The van der Waals surface area contributed by atoms with Gasteiger partial charge in [-0.2, -0.15) is 0 Å². The first-order valence-electron chi connectivity index (χ1n) is 8.99. The topological polar surface area (TPSA) is 32.3 Å². The summed E-state index contributed by atoms with van der Waals surface area (Å²) in [5.74, 6) is -0.800. The highest BCUT2D eigenvalue weighted by molar-refractivity contribution is 6.33. The monoisotopic (exact) mass is 396 g/mol. The maximum absolute atomic E-state index is 13.2. The number of hydrogen-bond acceptors (Lipinski definition) is 2. The predicted molar refractivity (Wildman–Crippen MR) is 112 cm³/mol. The van der Waals surface area contributed by atoms with Crippen LogP contribution >= 0.6 is 11.6 Å². The Bertz CT molecular complexity index is 971. The van der Waals surface area contributed by atoms with E-state index in [1.165, 1.54) is 17.7 Å². The minimum absolute atomic E-state index is 0.0993. The van der Waals surface area contributed by atoms with Crippen LogP contribution in [0.3, 0.4) is 0 Å². The zero-order valence-electron chi connectivity index (χ0n) is 15.9. The molecule has 3 rings (SSSR count). The Balaban J connectivity index is 1.76. The molecule has 0 aliphatic carbocycles. The van der Waals surface area contributed by atoms with Gasteiger partial charge in [0.2, 0.25) is 0 Å². The summed E-state index contributed by atoms with van der Waals surface area (Å²) in [6, 6.07) is 20.1. The molecule has 5 heteroatoms. The second kappa shape index (κ2) is 9.00. The van der Waals surface area contributed by atoms with E-state index in [0.717, 1.165) is 29.3 Å². The summed E-state index contributed by atoms with van der Waals surface area (Å²) in [6.45, 7) is 1.23. The van der Waals surface area contributed by atoms with Gasteiger partial charge in [-0.1, -0.05) is 60.1 Å². The largest absolute Gasteiger partial charge is 0.348 e. The van der Waals surface area contributed by atoms with Crippen molar-refractivity contribution in [2.24, 2.45) is 0 Å². The van der Waals surface area contributed by atoms with Gasteiger partial charge in [-0.05, 0) is 54.5 Å². The van der Waals surface area contributed by atoms with Crippen LogP contribution in [0.1, 0.15) is 21.5 Å². The number of carbonyl (C=O) groups excluding carboxylic acids is 1. The van der Waals surface area contributed by atoms with Crippen molar-refractivity contribution in [3.05, 3.63) is 94.3 Å². The van der Waals surface area contributed by atoms with Crippen molar-refractivity contribution in [3.63, 3.8) is 0 Å².